The minimum Gasteiger partial charge on any atom is -0.360 e. The van der Waals surface area contributed by atoms with Gasteiger partial charge in [-0.1, -0.05) is 16.8 Å². The number of nitrogens with one attached hydrogen (secondary N) is 2. The molecule has 0 aliphatic rings. The van der Waals surface area contributed by atoms with Crippen molar-refractivity contribution in [1.29, 1.82) is 0 Å². The zero-order chi connectivity index (χ0) is 14.8. The standard InChI is InChI=1S/C14H13ClN4O2/c1-8-16-11-4-2-9(6-12(11)17-8)18-14(20)5-3-10-7-13(15)19-21-10/h2,4,6-7H,3,5H2,1H3,(H,16,17)(H,18,20). The first-order valence-electron chi connectivity index (χ1n) is 6.47. The van der Waals surface area contributed by atoms with E-state index in [1.54, 1.807) is 6.07 Å². The monoisotopic (exact) mass is 304 g/mol. The van der Waals surface area contributed by atoms with Gasteiger partial charge in [-0.25, -0.2) is 4.98 Å². The van der Waals surface area contributed by atoms with Crippen LogP contribution in [0, 0.1) is 6.92 Å². The maximum absolute atomic E-state index is 11.9. The Morgan fingerprint density at radius 3 is 3.05 bits per heavy atom. The molecule has 0 bridgehead atoms. The van der Waals surface area contributed by atoms with E-state index in [0.29, 0.717) is 23.8 Å². The molecule has 0 spiro atoms. The van der Waals surface area contributed by atoms with Crippen molar-refractivity contribution in [3.05, 3.63) is 41.0 Å². The summed E-state index contributed by atoms with van der Waals surface area (Å²) in [5.74, 6) is 1.34. The molecule has 0 saturated carbocycles. The maximum atomic E-state index is 11.9. The lowest BCUT2D eigenvalue weighted by Gasteiger charge is -2.04. The van der Waals surface area contributed by atoms with Crippen molar-refractivity contribution < 1.29 is 9.32 Å². The minimum atomic E-state index is -0.0990. The van der Waals surface area contributed by atoms with Crippen LogP contribution >= 0.6 is 11.6 Å². The van der Waals surface area contributed by atoms with E-state index in [4.69, 9.17) is 16.1 Å². The molecule has 3 aromatic rings. The Balaban J connectivity index is 1.62. The van der Waals surface area contributed by atoms with Gasteiger partial charge in [0, 0.05) is 24.6 Å². The number of aromatic amines is 1. The van der Waals surface area contributed by atoms with Gasteiger partial charge in [0.25, 0.3) is 0 Å². The molecule has 1 amide bonds. The molecule has 1 aromatic carbocycles. The Morgan fingerprint density at radius 2 is 2.29 bits per heavy atom. The number of amides is 1. The van der Waals surface area contributed by atoms with Crippen LogP contribution in [-0.4, -0.2) is 21.0 Å². The second kappa shape index (κ2) is 5.57. The molecule has 108 valence electrons. The van der Waals surface area contributed by atoms with Gasteiger partial charge < -0.3 is 14.8 Å². The number of imidazole rings is 1. The third-order valence-corrected chi connectivity index (χ3v) is 3.19. The molecule has 0 radical (unpaired) electrons. The number of nitrogens with zero attached hydrogens (tertiary/aromatic N) is 2. The molecule has 6 nitrogen and oxygen atoms in total. The lowest BCUT2D eigenvalue weighted by Crippen LogP contribution is -2.12. The highest BCUT2D eigenvalue weighted by Crippen LogP contribution is 2.17. The Hall–Kier alpha value is -2.34. The quantitative estimate of drug-likeness (QED) is 0.776. The first-order valence-corrected chi connectivity index (χ1v) is 6.85. The van der Waals surface area contributed by atoms with E-state index >= 15 is 0 Å². The SMILES string of the molecule is Cc1nc2ccc(NC(=O)CCc3cc(Cl)no3)cc2[nH]1. The summed E-state index contributed by atoms with van der Waals surface area (Å²) < 4.78 is 4.95. The summed E-state index contributed by atoms with van der Waals surface area (Å²) in [6.07, 6.45) is 0.753. The van der Waals surface area contributed by atoms with Gasteiger partial charge in [-0.15, -0.1) is 0 Å². The summed E-state index contributed by atoms with van der Waals surface area (Å²) in [5.41, 5.74) is 2.50. The van der Waals surface area contributed by atoms with Crippen molar-refractivity contribution >= 4 is 34.2 Å². The van der Waals surface area contributed by atoms with Crippen LogP contribution < -0.4 is 5.32 Å². The van der Waals surface area contributed by atoms with Gasteiger partial charge >= 0.3 is 0 Å². The van der Waals surface area contributed by atoms with Gasteiger partial charge in [-0.3, -0.25) is 4.79 Å². The zero-order valence-electron chi connectivity index (χ0n) is 11.3. The summed E-state index contributed by atoms with van der Waals surface area (Å²) in [6, 6.07) is 7.16. The van der Waals surface area contributed by atoms with E-state index < -0.39 is 0 Å². The van der Waals surface area contributed by atoms with Crippen molar-refractivity contribution in [1.82, 2.24) is 15.1 Å². The average molecular weight is 305 g/mol. The fraction of sp³-hybridized carbons (Fsp3) is 0.214. The number of rotatable bonds is 4. The molecule has 2 aromatic heterocycles. The van der Waals surface area contributed by atoms with Crippen LogP contribution in [0.5, 0.6) is 0 Å². The average Bonchev–Trinajstić information content (AvgIpc) is 3.01. The molecular weight excluding hydrogens is 292 g/mol. The molecule has 7 heteroatoms. The van der Waals surface area contributed by atoms with E-state index in [1.807, 2.05) is 25.1 Å². The van der Waals surface area contributed by atoms with E-state index in [1.165, 1.54) is 0 Å². The van der Waals surface area contributed by atoms with Crippen LogP contribution in [0.3, 0.4) is 0 Å². The number of hydrogen-bond acceptors (Lipinski definition) is 4. The van der Waals surface area contributed by atoms with E-state index in [2.05, 4.69) is 20.4 Å². The Bertz CT molecular complexity index is 793. The van der Waals surface area contributed by atoms with Gasteiger partial charge in [0.2, 0.25) is 5.91 Å². The topological polar surface area (TPSA) is 83.8 Å². The van der Waals surface area contributed by atoms with E-state index in [9.17, 15) is 4.79 Å². The smallest absolute Gasteiger partial charge is 0.224 e. The predicted octanol–water partition coefficient (Wildman–Crippen LogP) is 3.08. The normalized spacial score (nSPS) is 11.0. The fourth-order valence-corrected chi connectivity index (χ4v) is 2.24. The predicted molar refractivity (Wildman–Crippen MR) is 79.3 cm³/mol. The van der Waals surface area contributed by atoms with Gasteiger partial charge in [0.05, 0.1) is 11.0 Å². The van der Waals surface area contributed by atoms with Crippen LogP contribution in [0.1, 0.15) is 18.0 Å². The molecule has 0 aliphatic carbocycles. The van der Waals surface area contributed by atoms with Gasteiger partial charge in [0.1, 0.15) is 11.6 Å². The number of carbonyl (C=O) groups is 1. The van der Waals surface area contributed by atoms with Gasteiger partial charge in [-0.2, -0.15) is 0 Å². The summed E-state index contributed by atoms with van der Waals surface area (Å²) in [5, 5.41) is 6.70. The van der Waals surface area contributed by atoms with Crippen molar-refractivity contribution in [3.8, 4) is 0 Å². The second-order valence-corrected chi connectivity index (χ2v) is 5.11. The third kappa shape index (κ3) is 3.22. The van der Waals surface area contributed by atoms with E-state index in [-0.39, 0.29) is 5.91 Å². The Morgan fingerprint density at radius 1 is 1.43 bits per heavy atom. The summed E-state index contributed by atoms with van der Waals surface area (Å²) in [4.78, 5) is 19.3. The lowest BCUT2D eigenvalue weighted by molar-refractivity contribution is -0.116. The number of carbonyl (C=O) groups excluding carboxylic acids is 1. The Labute approximate surface area is 125 Å². The lowest BCUT2D eigenvalue weighted by atomic mass is 10.2. The van der Waals surface area contributed by atoms with Gasteiger partial charge in [-0.05, 0) is 25.1 Å². The largest absolute Gasteiger partial charge is 0.360 e. The van der Waals surface area contributed by atoms with Crippen molar-refractivity contribution in [2.24, 2.45) is 0 Å². The first-order chi connectivity index (χ1) is 10.1. The number of aryl methyl sites for hydroxylation is 2. The number of fused-ring (bicyclic) bond motifs is 1. The van der Waals surface area contributed by atoms with Crippen LogP contribution in [0.25, 0.3) is 11.0 Å². The third-order valence-electron chi connectivity index (χ3n) is 3.01. The minimum absolute atomic E-state index is 0.0990. The zero-order valence-corrected chi connectivity index (χ0v) is 12.1. The first kappa shape index (κ1) is 13.6. The number of H-pyrrole nitrogens is 1. The molecule has 21 heavy (non-hydrogen) atoms. The molecule has 0 fully saturated rings. The van der Waals surface area contributed by atoms with Crippen LogP contribution in [0.15, 0.2) is 28.8 Å². The number of benzene rings is 1. The fourth-order valence-electron chi connectivity index (χ4n) is 2.08. The molecule has 2 N–H and O–H groups in total. The number of hydrogen-bond donors (Lipinski definition) is 2. The van der Waals surface area contributed by atoms with Gasteiger partial charge in [0.15, 0.2) is 5.15 Å². The molecule has 0 unspecified atom stereocenters. The number of anilines is 1. The Kier molecular flexibility index (Phi) is 3.62. The molecule has 3 rings (SSSR count). The van der Waals surface area contributed by atoms with Crippen LogP contribution in [0.4, 0.5) is 5.69 Å². The highest BCUT2D eigenvalue weighted by Gasteiger charge is 2.08. The number of halogens is 1. The highest BCUT2D eigenvalue weighted by atomic mass is 35.5. The van der Waals surface area contributed by atoms with Crippen molar-refractivity contribution in [2.45, 2.75) is 19.8 Å². The molecule has 0 aliphatic heterocycles. The number of aromatic nitrogens is 3. The van der Waals surface area contributed by atoms with Crippen LogP contribution in [-0.2, 0) is 11.2 Å². The molecule has 0 saturated heterocycles. The summed E-state index contributed by atoms with van der Waals surface area (Å²) in [7, 11) is 0. The molecule has 0 atom stereocenters. The molecule has 2 heterocycles. The molecular formula is C14H13ClN4O2. The summed E-state index contributed by atoms with van der Waals surface area (Å²) in [6.45, 7) is 1.89. The second-order valence-electron chi connectivity index (χ2n) is 4.72. The summed E-state index contributed by atoms with van der Waals surface area (Å²) >= 11 is 5.65. The maximum Gasteiger partial charge on any atom is 0.224 e. The van der Waals surface area contributed by atoms with Crippen molar-refractivity contribution in [3.63, 3.8) is 0 Å². The highest BCUT2D eigenvalue weighted by molar-refractivity contribution is 6.29. The van der Waals surface area contributed by atoms with Crippen molar-refractivity contribution in [2.75, 3.05) is 5.32 Å². The van der Waals surface area contributed by atoms with E-state index in [0.717, 1.165) is 22.5 Å². The van der Waals surface area contributed by atoms with Crippen LogP contribution in [0.2, 0.25) is 5.15 Å².